The SMILES string of the molecule is COc1ccc(F)c(C(c2cc(OC)ccc2F)[C@H](C)OC(=O)[C@H](C)NC(=O)c2c(O)c(OC)cc[n+]2[O-])c1. The number of esters is 1. The summed E-state index contributed by atoms with van der Waals surface area (Å²) < 4.78 is 51.0. The minimum atomic E-state index is -1.32. The van der Waals surface area contributed by atoms with Gasteiger partial charge in [-0.1, -0.05) is 0 Å². The Morgan fingerprint density at radius 1 is 0.923 bits per heavy atom. The third-order valence-corrected chi connectivity index (χ3v) is 6.02. The van der Waals surface area contributed by atoms with Crippen molar-refractivity contribution in [2.45, 2.75) is 31.9 Å². The third-order valence-electron chi connectivity index (χ3n) is 6.02. The normalized spacial score (nSPS) is 12.4. The van der Waals surface area contributed by atoms with Crippen LogP contribution in [0.2, 0.25) is 0 Å². The molecule has 0 saturated carbocycles. The fraction of sp³-hybridized carbons (Fsp3) is 0.296. The number of rotatable bonds is 10. The first-order valence-corrected chi connectivity index (χ1v) is 11.7. The zero-order valence-electron chi connectivity index (χ0n) is 21.9. The van der Waals surface area contributed by atoms with Crippen LogP contribution in [0, 0.1) is 16.8 Å². The summed E-state index contributed by atoms with van der Waals surface area (Å²) in [6, 6.07) is 7.65. The van der Waals surface area contributed by atoms with E-state index < -0.39 is 53.0 Å². The minimum Gasteiger partial charge on any atom is -0.618 e. The Kier molecular flexibility index (Phi) is 9.12. The van der Waals surface area contributed by atoms with Crippen molar-refractivity contribution in [3.05, 3.63) is 82.3 Å². The molecule has 0 bridgehead atoms. The molecule has 0 saturated heterocycles. The van der Waals surface area contributed by atoms with Gasteiger partial charge in [-0.05, 0) is 50.2 Å². The van der Waals surface area contributed by atoms with Crippen molar-refractivity contribution in [3.8, 4) is 23.0 Å². The smallest absolute Gasteiger partial charge is 0.328 e. The predicted octanol–water partition coefficient (Wildman–Crippen LogP) is 3.21. The average Bonchev–Trinajstić information content (AvgIpc) is 2.90. The molecule has 0 aliphatic rings. The van der Waals surface area contributed by atoms with E-state index in [1.54, 1.807) is 0 Å². The van der Waals surface area contributed by atoms with Crippen LogP contribution in [0.15, 0.2) is 48.7 Å². The highest BCUT2D eigenvalue weighted by atomic mass is 19.1. The summed E-state index contributed by atoms with van der Waals surface area (Å²) in [5.74, 6) is -4.83. The molecule has 208 valence electrons. The number of benzene rings is 2. The Labute approximate surface area is 223 Å². The number of carbonyl (C=O) groups excluding carboxylic acids is 2. The fourth-order valence-electron chi connectivity index (χ4n) is 4.01. The first-order valence-electron chi connectivity index (χ1n) is 11.7. The molecule has 0 aliphatic carbocycles. The second kappa shape index (κ2) is 12.3. The number of hydrogen-bond donors (Lipinski definition) is 2. The van der Waals surface area contributed by atoms with Crippen molar-refractivity contribution in [1.82, 2.24) is 5.32 Å². The number of aromatic nitrogens is 1. The number of amides is 1. The highest BCUT2D eigenvalue weighted by molar-refractivity contribution is 5.96. The number of pyridine rings is 1. The zero-order valence-corrected chi connectivity index (χ0v) is 21.9. The molecule has 10 nitrogen and oxygen atoms in total. The van der Waals surface area contributed by atoms with E-state index in [9.17, 15) is 19.9 Å². The Morgan fingerprint density at radius 2 is 1.46 bits per heavy atom. The average molecular weight is 547 g/mol. The zero-order chi connectivity index (χ0) is 28.9. The van der Waals surface area contributed by atoms with Crippen LogP contribution in [-0.4, -0.2) is 50.5 Å². The Morgan fingerprint density at radius 3 is 1.95 bits per heavy atom. The predicted molar refractivity (Wildman–Crippen MR) is 134 cm³/mol. The lowest BCUT2D eigenvalue weighted by Gasteiger charge is -2.27. The molecular weight excluding hydrogens is 518 g/mol. The molecule has 1 aromatic heterocycles. The third kappa shape index (κ3) is 6.28. The van der Waals surface area contributed by atoms with Gasteiger partial charge in [-0.25, -0.2) is 13.6 Å². The van der Waals surface area contributed by atoms with E-state index in [1.807, 2.05) is 0 Å². The quantitative estimate of drug-likeness (QED) is 0.225. The van der Waals surface area contributed by atoms with E-state index in [2.05, 4.69) is 5.32 Å². The number of aromatic hydroxyl groups is 1. The van der Waals surface area contributed by atoms with E-state index in [0.717, 1.165) is 24.4 Å². The largest absolute Gasteiger partial charge is 0.618 e. The molecule has 2 N–H and O–H groups in total. The molecule has 0 unspecified atom stereocenters. The standard InChI is InChI=1S/C27H28F2N2O8/c1-14(30-26(33)24-25(32)22(38-5)10-11-31(24)35)27(34)39-15(2)23(18-12-16(36-3)6-8-20(18)28)19-13-17(37-4)7-9-21(19)29/h6-15,23,32H,1-5H3,(H,30,33)/t14-,15-/m0/s1. The van der Waals surface area contributed by atoms with Gasteiger partial charge in [0.1, 0.15) is 35.3 Å². The van der Waals surface area contributed by atoms with Crippen LogP contribution in [0.25, 0.3) is 0 Å². The fourth-order valence-corrected chi connectivity index (χ4v) is 4.01. The molecule has 2 aromatic carbocycles. The van der Waals surface area contributed by atoms with Crippen LogP contribution < -0.4 is 24.3 Å². The second-order valence-electron chi connectivity index (χ2n) is 8.50. The Balaban J connectivity index is 1.91. The lowest BCUT2D eigenvalue weighted by atomic mass is 9.86. The van der Waals surface area contributed by atoms with Crippen molar-refractivity contribution in [2.75, 3.05) is 21.3 Å². The molecule has 39 heavy (non-hydrogen) atoms. The van der Waals surface area contributed by atoms with Crippen LogP contribution in [0.1, 0.15) is 41.4 Å². The van der Waals surface area contributed by atoms with Crippen LogP contribution in [0.5, 0.6) is 23.0 Å². The highest BCUT2D eigenvalue weighted by Crippen LogP contribution is 2.37. The number of nitrogens with zero attached hydrogens (tertiary/aromatic N) is 1. The van der Waals surface area contributed by atoms with E-state index >= 15 is 8.78 Å². The molecule has 0 aliphatic heterocycles. The monoisotopic (exact) mass is 546 g/mol. The number of carbonyl (C=O) groups is 2. The van der Waals surface area contributed by atoms with Crippen molar-refractivity contribution in [3.63, 3.8) is 0 Å². The second-order valence-corrected chi connectivity index (χ2v) is 8.50. The molecule has 3 aromatic rings. The highest BCUT2D eigenvalue weighted by Gasteiger charge is 2.33. The van der Waals surface area contributed by atoms with Gasteiger partial charge in [0, 0.05) is 17.2 Å². The Bertz CT molecular complexity index is 1310. The molecule has 0 fully saturated rings. The van der Waals surface area contributed by atoms with Gasteiger partial charge < -0.3 is 34.6 Å². The van der Waals surface area contributed by atoms with Gasteiger partial charge in [0.2, 0.25) is 5.75 Å². The van der Waals surface area contributed by atoms with Crippen molar-refractivity contribution >= 4 is 11.9 Å². The number of hydrogen-bond acceptors (Lipinski definition) is 8. The van der Waals surface area contributed by atoms with E-state index in [-0.39, 0.29) is 21.6 Å². The van der Waals surface area contributed by atoms with Gasteiger partial charge in [0.25, 0.3) is 0 Å². The van der Waals surface area contributed by atoms with E-state index in [4.69, 9.17) is 18.9 Å². The number of ether oxygens (including phenoxy) is 4. The van der Waals surface area contributed by atoms with Gasteiger partial charge >= 0.3 is 17.6 Å². The summed E-state index contributed by atoms with van der Waals surface area (Å²) >= 11 is 0. The first kappa shape index (κ1) is 29.0. The summed E-state index contributed by atoms with van der Waals surface area (Å²) in [5, 5.41) is 24.5. The maximum absolute atomic E-state index is 15.0. The first-order chi connectivity index (χ1) is 18.5. The Hall–Kier alpha value is -4.61. The van der Waals surface area contributed by atoms with Crippen molar-refractivity contribution in [2.24, 2.45) is 0 Å². The summed E-state index contributed by atoms with van der Waals surface area (Å²) in [5.41, 5.74) is -0.712. The molecule has 12 heteroatoms. The maximum Gasteiger partial charge on any atom is 0.328 e. The van der Waals surface area contributed by atoms with Crippen LogP contribution >= 0.6 is 0 Å². The lowest BCUT2D eigenvalue weighted by molar-refractivity contribution is -0.608. The molecular formula is C27H28F2N2O8. The van der Waals surface area contributed by atoms with Crippen LogP contribution in [-0.2, 0) is 9.53 Å². The number of methoxy groups -OCH3 is 3. The van der Waals surface area contributed by atoms with E-state index in [1.165, 1.54) is 59.4 Å². The van der Waals surface area contributed by atoms with Crippen molar-refractivity contribution in [1.29, 1.82) is 0 Å². The lowest BCUT2D eigenvalue weighted by Crippen LogP contribution is -2.46. The van der Waals surface area contributed by atoms with Gasteiger partial charge in [0.05, 0.1) is 27.2 Å². The topological polar surface area (TPSA) is 130 Å². The van der Waals surface area contributed by atoms with Crippen molar-refractivity contribution < 1.29 is 47.2 Å². The van der Waals surface area contributed by atoms with Gasteiger partial charge in [0.15, 0.2) is 11.9 Å². The maximum atomic E-state index is 15.0. The molecule has 3 rings (SSSR count). The van der Waals surface area contributed by atoms with Crippen LogP contribution in [0.3, 0.4) is 0 Å². The molecule has 0 spiro atoms. The van der Waals surface area contributed by atoms with Gasteiger partial charge in [-0.2, -0.15) is 4.73 Å². The number of halogens is 2. The number of nitrogens with one attached hydrogen (secondary N) is 1. The van der Waals surface area contributed by atoms with E-state index in [0.29, 0.717) is 11.5 Å². The molecule has 0 radical (unpaired) electrons. The minimum absolute atomic E-state index is 0.00723. The van der Waals surface area contributed by atoms with Gasteiger partial charge in [-0.15, -0.1) is 0 Å². The summed E-state index contributed by atoms with van der Waals surface area (Å²) in [6.07, 6.45) is -0.205. The summed E-state index contributed by atoms with van der Waals surface area (Å²) in [4.78, 5) is 25.6. The molecule has 1 heterocycles. The van der Waals surface area contributed by atoms with Crippen LogP contribution in [0.4, 0.5) is 8.78 Å². The summed E-state index contributed by atoms with van der Waals surface area (Å²) in [7, 11) is 4.01. The molecule has 1 amide bonds. The molecule has 2 atom stereocenters. The van der Waals surface area contributed by atoms with Gasteiger partial charge in [-0.3, -0.25) is 4.79 Å². The summed E-state index contributed by atoms with van der Waals surface area (Å²) in [6.45, 7) is 2.72.